The lowest BCUT2D eigenvalue weighted by atomic mass is 10.3. The number of carbonyl (C=O) groups excluding carboxylic acids is 1. The number of amides is 1. The van der Waals surface area contributed by atoms with Crippen LogP contribution < -0.4 is 10.6 Å². The quantitative estimate of drug-likeness (QED) is 0.789. The van der Waals surface area contributed by atoms with Crippen LogP contribution in [0.2, 0.25) is 0 Å². The molecule has 1 heterocycles. The number of anilines is 2. The van der Waals surface area contributed by atoms with E-state index in [1.807, 2.05) is 6.92 Å². The Labute approximate surface area is 101 Å². The number of nitrogens with one attached hydrogen (secondary N) is 2. The molecule has 1 rings (SSSR count). The topological polar surface area (TPSA) is 70.2 Å². The predicted octanol–water partition coefficient (Wildman–Crippen LogP) is 0.717. The van der Waals surface area contributed by atoms with Crippen LogP contribution in [0.4, 0.5) is 11.8 Å². The fourth-order valence-electron chi connectivity index (χ4n) is 1.25. The molecular weight excluding hydrogens is 218 g/mol. The van der Waals surface area contributed by atoms with Gasteiger partial charge in [0.05, 0.1) is 0 Å². The minimum absolute atomic E-state index is 0.0954. The number of hydrogen-bond acceptors (Lipinski definition) is 5. The molecule has 17 heavy (non-hydrogen) atoms. The standard InChI is InChI=1S/C11H19N5O/c1-8-7-14-11(12-2)15-10(8)13-6-5-9(17)16(3)4/h7H,5-6H2,1-4H3,(H2,12,13,14,15). The van der Waals surface area contributed by atoms with Gasteiger partial charge in [0.15, 0.2) is 0 Å². The van der Waals surface area contributed by atoms with E-state index in [2.05, 4.69) is 20.6 Å². The van der Waals surface area contributed by atoms with Crippen LogP contribution in [0.5, 0.6) is 0 Å². The fraction of sp³-hybridized carbons (Fsp3) is 0.545. The zero-order valence-electron chi connectivity index (χ0n) is 10.7. The van der Waals surface area contributed by atoms with Crippen molar-refractivity contribution in [3.8, 4) is 0 Å². The maximum atomic E-state index is 11.4. The van der Waals surface area contributed by atoms with E-state index >= 15 is 0 Å². The van der Waals surface area contributed by atoms with Gasteiger partial charge in [0.2, 0.25) is 11.9 Å². The van der Waals surface area contributed by atoms with Gasteiger partial charge in [-0.2, -0.15) is 4.98 Å². The number of hydrogen-bond donors (Lipinski definition) is 2. The third-order valence-corrected chi connectivity index (χ3v) is 2.33. The third kappa shape index (κ3) is 3.90. The summed E-state index contributed by atoms with van der Waals surface area (Å²) in [5, 5.41) is 6.01. The Hall–Kier alpha value is -1.85. The summed E-state index contributed by atoms with van der Waals surface area (Å²) in [6.45, 7) is 2.49. The molecule has 0 saturated heterocycles. The summed E-state index contributed by atoms with van der Waals surface area (Å²) in [5.41, 5.74) is 0.960. The zero-order valence-corrected chi connectivity index (χ0v) is 10.7. The maximum absolute atomic E-state index is 11.4. The summed E-state index contributed by atoms with van der Waals surface area (Å²) in [6, 6.07) is 0. The molecule has 0 saturated carbocycles. The van der Waals surface area contributed by atoms with Gasteiger partial charge in [0.25, 0.3) is 0 Å². The van der Waals surface area contributed by atoms with E-state index in [0.29, 0.717) is 18.9 Å². The fourth-order valence-corrected chi connectivity index (χ4v) is 1.25. The molecule has 1 aromatic rings. The van der Waals surface area contributed by atoms with Gasteiger partial charge in [-0.25, -0.2) is 4.98 Å². The Kier molecular flexibility index (Phi) is 4.68. The first kappa shape index (κ1) is 13.2. The first-order chi connectivity index (χ1) is 8.04. The van der Waals surface area contributed by atoms with Crippen molar-refractivity contribution in [1.82, 2.24) is 14.9 Å². The molecule has 0 unspecified atom stereocenters. The molecule has 0 aromatic carbocycles. The molecule has 0 spiro atoms. The number of carbonyl (C=O) groups is 1. The molecule has 0 fully saturated rings. The molecule has 0 aliphatic rings. The van der Waals surface area contributed by atoms with Crippen LogP contribution in [-0.4, -0.2) is 48.5 Å². The normalized spacial score (nSPS) is 9.88. The van der Waals surface area contributed by atoms with Crippen LogP contribution >= 0.6 is 0 Å². The molecule has 6 heteroatoms. The second-order valence-corrected chi connectivity index (χ2v) is 3.94. The van der Waals surface area contributed by atoms with E-state index in [1.54, 1.807) is 32.2 Å². The van der Waals surface area contributed by atoms with Crippen molar-refractivity contribution in [1.29, 1.82) is 0 Å². The number of nitrogens with zero attached hydrogens (tertiary/aromatic N) is 3. The van der Waals surface area contributed by atoms with E-state index in [-0.39, 0.29) is 5.91 Å². The van der Waals surface area contributed by atoms with Crippen LogP contribution in [0.25, 0.3) is 0 Å². The van der Waals surface area contributed by atoms with Crippen molar-refractivity contribution in [2.24, 2.45) is 0 Å². The Morgan fingerprint density at radius 3 is 2.76 bits per heavy atom. The van der Waals surface area contributed by atoms with E-state index in [0.717, 1.165) is 11.4 Å². The molecule has 6 nitrogen and oxygen atoms in total. The van der Waals surface area contributed by atoms with Crippen LogP contribution in [-0.2, 0) is 4.79 Å². The van der Waals surface area contributed by atoms with Gasteiger partial charge in [-0.3, -0.25) is 4.79 Å². The predicted molar refractivity (Wildman–Crippen MR) is 68.1 cm³/mol. The molecule has 1 amide bonds. The van der Waals surface area contributed by atoms with Gasteiger partial charge >= 0.3 is 0 Å². The number of aryl methyl sites for hydroxylation is 1. The van der Waals surface area contributed by atoms with Crippen molar-refractivity contribution in [2.45, 2.75) is 13.3 Å². The monoisotopic (exact) mass is 237 g/mol. The second-order valence-electron chi connectivity index (χ2n) is 3.94. The molecule has 0 radical (unpaired) electrons. The molecule has 94 valence electrons. The van der Waals surface area contributed by atoms with Crippen molar-refractivity contribution in [3.05, 3.63) is 11.8 Å². The van der Waals surface area contributed by atoms with E-state index in [4.69, 9.17) is 0 Å². The highest BCUT2D eigenvalue weighted by Gasteiger charge is 2.05. The lowest BCUT2D eigenvalue weighted by molar-refractivity contribution is -0.128. The lowest BCUT2D eigenvalue weighted by Gasteiger charge is -2.12. The van der Waals surface area contributed by atoms with Crippen LogP contribution in [0.15, 0.2) is 6.20 Å². The largest absolute Gasteiger partial charge is 0.369 e. The molecule has 0 atom stereocenters. The van der Waals surface area contributed by atoms with Gasteiger partial charge in [-0.15, -0.1) is 0 Å². The first-order valence-electron chi connectivity index (χ1n) is 5.50. The highest BCUT2D eigenvalue weighted by molar-refractivity contribution is 5.76. The molecule has 0 aliphatic carbocycles. The Morgan fingerprint density at radius 1 is 1.47 bits per heavy atom. The second kappa shape index (κ2) is 6.03. The van der Waals surface area contributed by atoms with E-state index in [1.165, 1.54) is 0 Å². The highest BCUT2D eigenvalue weighted by Crippen LogP contribution is 2.11. The maximum Gasteiger partial charge on any atom is 0.224 e. The summed E-state index contributed by atoms with van der Waals surface area (Å²) in [7, 11) is 5.26. The van der Waals surface area contributed by atoms with Gasteiger partial charge in [0.1, 0.15) is 5.82 Å². The summed E-state index contributed by atoms with van der Waals surface area (Å²) in [4.78, 5) is 21.3. The molecule has 0 bridgehead atoms. The Morgan fingerprint density at radius 2 is 2.18 bits per heavy atom. The zero-order chi connectivity index (χ0) is 12.8. The average molecular weight is 237 g/mol. The Balaban J connectivity index is 2.54. The summed E-state index contributed by atoms with van der Waals surface area (Å²) >= 11 is 0. The minimum atomic E-state index is 0.0954. The van der Waals surface area contributed by atoms with E-state index in [9.17, 15) is 4.79 Å². The lowest BCUT2D eigenvalue weighted by Crippen LogP contribution is -2.24. The number of aromatic nitrogens is 2. The van der Waals surface area contributed by atoms with Gasteiger partial charge in [-0.05, 0) is 6.92 Å². The smallest absolute Gasteiger partial charge is 0.224 e. The van der Waals surface area contributed by atoms with Crippen LogP contribution in [0.3, 0.4) is 0 Å². The van der Waals surface area contributed by atoms with E-state index < -0.39 is 0 Å². The van der Waals surface area contributed by atoms with Crippen molar-refractivity contribution >= 4 is 17.7 Å². The van der Waals surface area contributed by atoms with Gasteiger partial charge in [-0.1, -0.05) is 0 Å². The average Bonchev–Trinajstić information content (AvgIpc) is 2.31. The SMILES string of the molecule is CNc1ncc(C)c(NCCC(=O)N(C)C)n1. The van der Waals surface area contributed by atoms with Crippen molar-refractivity contribution < 1.29 is 4.79 Å². The molecule has 2 N–H and O–H groups in total. The van der Waals surface area contributed by atoms with Crippen molar-refractivity contribution in [2.75, 3.05) is 38.3 Å². The summed E-state index contributed by atoms with van der Waals surface area (Å²) in [6.07, 6.45) is 2.19. The number of rotatable bonds is 5. The van der Waals surface area contributed by atoms with Gasteiger partial charge in [0, 0.05) is 45.9 Å². The Bertz CT molecular complexity index is 391. The van der Waals surface area contributed by atoms with Crippen LogP contribution in [0.1, 0.15) is 12.0 Å². The summed E-state index contributed by atoms with van der Waals surface area (Å²) < 4.78 is 0. The van der Waals surface area contributed by atoms with Gasteiger partial charge < -0.3 is 15.5 Å². The summed E-state index contributed by atoms with van der Waals surface area (Å²) in [5.74, 6) is 1.42. The first-order valence-corrected chi connectivity index (χ1v) is 5.50. The molecule has 0 aliphatic heterocycles. The van der Waals surface area contributed by atoms with Crippen molar-refractivity contribution in [3.63, 3.8) is 0 Å². The highest BCUT2D eigenvalue weighted by atomic mass is 16.2. The minimum Gasteiger partial charge on any atom is -0.369 e. The third-order valence-electron chi connectivity index (χ3n) is 2.33. The molecule has 1 aromatic heterocycles. The van der Waals surface area contributed by atoms with Crippen LogP contribution in [0, 0.1) is 6.92 Å². The molecular formula is C11H19N5O.